The first kappa shape index (κ1) is 16.4. The van der Waals surface area contributed by atoms with Gasteiger partial charge in [0.2, 0.25) is 5.91 Å². The molecular formula is C20H20N2O4. The van der Waals surface area contributed by atoms with E-state index >= 15 is 0 Å². The number of carbonyl (C=O) groups excluding carboxylic acids is 2. The van der Waals surface area contributed by atoms with Gasteiger partial charge in [0.05, 0.1) is 5.69 Å². The third-order valence-electron chi connectivity index (χ3n) is 4.70. The molecule has 2 heterocycles. The van der Waals surface area contributed by atoms with Gasteiger partial charge in [-0.2, -0.15) is 0 Å². The predicted octanol–water partition coefficient (Wildman–Crippen LogP) is 3.77. The van der Waals surface area contributed by atoms with Gasteiger partial charge in [-0.25, -0.2) is 0 Å². The van der Waals surface area contributed by atoms with Crippen molar-refractivity contribution in [3.05, 3.63) is 47.9 Å². The fraction of sp³-hybridized carbons (Fsp3) is 0.300. The van der Waals surface area contributed by atoms with Gasteiger partial charge >= 0.3 is 0 Å². The van der Waals surface area contributed by atoms with E-state index in [0.29, 0.717) is 34.7 Å². The molecule has 2 amide bonds. The number of ether oxygens (including phenoxy) is 1. The first-order chi connectivity index (χ1) is 12.5. The van der Waals surface area contributed by atoms with Crippen LogP contribution in [0, 0.1) is 5.92 Å². The average molecular weight is 352 g/mol. The van der Waals surface area contributed by atoms with E-state index in [4.69, 9.17) is 9.15 Å². The van der Waals surface area contributed by atoms with Crippen LogP contribution in [0.3, 0.4) is 0 Å². The third kappa shape index (κ3) is 3.35. The van der Waals surface area contributed by atoms with Crippen molar-refractivity contribution in [1.29, 1.82) is 0 Å². The molecule has 0 saturated heterocycles. The molecule has 0 radical (unpaired) electrons. The van der Waals surface area contributed by atoms with E-state index in [1.54, 1.807) is 31.2 Å². The highest BCUT2D eigenvalue weighted by Gasteiger charge is 2.36. The molecule has 6 nitrogen and oxygen atoms in total. The monoisotopic (exact) mass is 352 g/mol. The van der Waals surface area contributed by atoms with Crippen LogP contribution in [0.25, 0.3) is 6.08 Å². The molecule has 3 unspecified atom stereocenters. The maximum absolute atomic E-state index is 12.1. The van der Waals surface area contributed by atoms with E-state index < -0.39 is 6.10 Å². The molecule has 1 aromatic carbocycles. The summed E-state index contributed by atoms with van der Waals surface area (Å²) >= 11 is 0. The van der Waals surface area contributed by atoms with Crippen molar-refractivity contribution < 1.29 is 18.7 Å². The largest absolute Gasteiger partial charge is 0.479 e. The number of benzene rings is 1. The van der Waals surface area contributed by atoms with E-state index in [1.807, 2.05) is 12.1 Å². The molecule has 2 aromatic rings. The van der Waals surface area contributed by atoms with Gasteiger partial charge in [-0.15, -0.1) is 0 Å². The van der Waals surface area contributed by atoms with Crippen molar-refractivity contribution in [2.24, 2.45) is 5.92 Å². The molecule has 26 heavy (non-hydrogen) atoms. The van der Waals surface area contributed by atoms with Gasteiger partial charge in [0.25, 0.3) is 5.91 Å². The zero-order chi connectivity index (χ0) is 18.3. The summed E-state index contributed by atoms with van der Waals surface area (Å²) in [6.45, 7) is 3.88. The molecule has 4 rings (SSSR count). The van der Waals surface area contributed by atoms with Crippen LogP contribution in [0.15, 0.2) is 40.8 Å². The number of nitrogens with one attached hydrogen (secondary N) is 2. The zero-order valence-electron chi connectivity index (χ0n) is 14.6. The zero-order valence-corrected chi connectivity index (χ0v) is 14.6. The molecular weight excluding hydrogens is 332 g/mol. The van der Waals surface area contributed by atoms with Crippen molar-refractivity contribution >= 4 is 29.3 Å². The molecule has 2 aliphatic rings. The van der Waals surface area contributed by atoms with Crippen molar-refractivity contribution in [2.45, 2.75) is 32.3 Å². The summed E-state index contributed by atoms with van der Waals surface area (Å²) in [5.74, 6) is 2.94. The molecule has 3 atom stereocenters. The molecule has 2 N–H and O–H groups in total. The minimum Gasteiger partial charge on any atom is -0.479 e. The van der Waals surface area contributed by atoms with E-state index in [1.165, 1.54) is 6.08 Å². The predicted molar refractivity (Wildman–Crippen MR) is 98.1 cm³/mol. The minimum atomic E-state index is -0.525. The highest BCUT2D eigenvalue weighted by molar-refractivity contribution is 6.03. The normalized spacial score (nSPS) is 23.9. The molecule has 0 spiro atoms. The summed E-state index contributed by atoms with van der Waals surface area (Å²) in [4.78, 5) is 23.8. The molecule has 1 saturated carbocycles. The maximum Gasteiger partial charge on any atom is 0.265 e. The first-order valence-electron chi connectivity index (χ1n) is 8.70. The Morgan fingerprint density at radius 3 is 2.85 bits per heavy atom. The lowest BCUT2D eigenvalue weighted by molar-refractivity contribution is -0.122. The quantitative estimate of drug-likeness (QED) is 0.821. The van der Waals surface area contributed by atoms with Gasteiger partial charge < -0.3 is 19.8 Å². The van der Waals surface area contributed by atoms with Crippen molar-refractivity contribution in [3.8, 4) is 5.75 Å². The number of anilines is 2. The number of hydrogen-bond acceptors (Lipinski definition) is 4. The third-order valence-corrected chi connectivity index (χ3v) is 4.70. The van der Waals surface area contributed by atoms with Gasteiger partial charge in [0.15, 0.2) is 6.10 Å². The maximum atomic E-state index is 12.1. The number of rotatable bonds is 4. The molecule has 1 fully saturated rings. The van der Waals surface area contributed by atoms with Crippen molar-refractivity contribution in [2.75, 3.05) is 10.6 Å². The van der Waals surface area contributed by atoms with Gasteiger partial charge in [-0.3, -0.25) is 9.59 Å². The van der Waals surface area contributed by atoms with Crippen molar-refractivity contribution in [1.82, 2.24) is 0 Å². The highest BCUT2D eigenvalue weighted by Crippen LogP contribution is 2.47. The second-order valence-electron chi connectivity index (χ2n) is 6.84. The lowest BCUT2D eigenvalue weighted by atomic mass is 10.2. The number of carbonyl (C=O) groups is 2. The Labute approximate surface area is 151 Å². The van der Waals surface area contributed by atoms with Crippen LogP contribution in [0.4, 0.5) is 11.4 Å². The highest BCUT2D eigenvalue weighted by atomic mass is 16.5. The summed E-state index contributed by atoms with van der Waals surface area (Å²) in [5.41, 5.74) is 1.12. The Balaban J connectivity index is 1.39. The van der Waals surface area contributed by atoms with Crippen LogP contribution < -0.4 is 15.4 Å². The SMILES string of the molecule is CC1Oc2ccc(NC(=O)/C=C/c3ccc(C4CC4C)o3)cc2NC1=O. The smallest absolute Gasteiger partial charge is 0.265 e. The van der Waals surface area contributed by atoms with E-state index in [0.717, 1.165) is 12.2 Å². The topological polar surface area (TPSA) is 80.6 Å². The fourth-order valence-corrected chi connectivity index (χ4v) is 3.00. The second-order valence-corrected chi connectivity index (χ2v) is 6.84. The Hall–Kier alpha value is -3.02. The van der Waals surface area contributed by atoms with E-state index in [2.05, 4.69) is 17.6 Å². The lowest BCUT2D eigenvalue weighted by Gasteiger charge is -2.23. The first-order valence-corrected chi connectivity index (χ1v) is 8.70. The average Bonchev–Trinajstić information content (AvgIpc) is 3.15. The van der Waals surface area contributed by atoms with Gasteiger partial charge in [-0.05, 0) is 55.7 Å². The minimum absolute atomic E-state index is 0.209. The van der Waals surface area contributed by atoms with Gasteiger partial charge in [-0.1, -0.05) is 6.92 Å². The Morgan fingerprint density at radius 1 is 1.27 bits per heavy atom. The Bertz CT molecular complexity index is 899. The van der Waals surface area contributed by atoms with Gasteiger partial charge in [0.1, 0.15) is 17.3 Å². The molecule has 134 valence electrons. The van der Waals surface area contributed by atoms with Crippen LogP contribution in [-0.2, 0) is 9.59 Å². The van der Waals surface area contributed by atoms with Crippen LogP contribution >= 0.6 is 0 Å². The van der Waals surface area contributed by atoms with E-state index in [-0.39, 0.29) is 11.8 Å². The number of fused-ring (bicyclic) bond motifs is 1. The molecule has 0 bridgehead atoms. The van der Waals surface area contributed by atoms with E-state index in [9.17, 15) is 9.59 Å². The molecule has 1 aromatic heterocycles. The number of amides is 2. The molecule has 1 aliphatic carbocycles. The molecule has 6 heteroatoms. The summed E-state index contributed by atoms with van der Waals surface area (Å²) in [6, 6.07) is 8.97. The summed E-state index contributed by atoms with van der Waals surface area (Å²) in [5, 5.41) is 5.52. The number of hydrogen-bond donors (Lipinski definition) is 2. The summed E-state index contributed by atoms with van der Waals surface area (Å²) in [7, 11) is 0. The van der Waals surface area contributed by atoms with Crippen LogP contribution in [-0.4, -0.2) is 17.9 Å². The Morgan fingerprint density at radius 2 is 2.08 bits per heavy atom. The standard InChI is InChI=1S/C20H20N2O4/c1-11-9-15(11)17-7-4-14(26-17)5-8-19(23)21-13-3-6-18-16(10-13)22-20(24)12(2)25-18/h3-8,10-12,15H,9H2,1-2H3,(H,21,23)(H,22,24)/b8-5+. The number of furan rings is 1. The second kappa shape index (κ2) is 6.37. The lowest BCUT2D eigenvalue weighted by Crippen LogP contribution is -2.34. The van der Waals surface area contributed by atoms with Crippen LogP contribution in [0.5, 0.6) is 5.75 Å². The van der Waals surface area contributed by atoms with Crippen molar-refractivity contribution in [3.63, 3.8) is 0 Å². The Kier molecular flexibility index (Phi) is 4.03. The van der Waals surface area contributed by atoms with Crippen LogP contribution in [0.1, 0.15) is 37.7 Å². The summed E-state index contributed by atoms with van der Waals surface area (Å²) in [6.07, 6.45) is 3.71. The summed E-state index contributed by atoms with van der Waals surface area (Å²) < 4.78 is 11.2. The fourth-order valence-electron chi connectivity index (χ4n) is 3.00. The van der Waals surface area contributed by atoms with Gasteiger partial charge in [0, 0.05) is 17.7 Å². The molecule has 1 aliphatic heterocycles. The van der Waals surface area contributed by atoms with Crippen LogP contribution in [0.2, 0.25) is 0 Å².